The first-order valence-corrected chi connectivity index (χ1v) is 7.17. The summed E-state index contributed by atoms with van der Waals surface area (Å²) in [7, 11) is 0. The maximum atomic E-state index is 5.67. The van der Waals surface area contributed by atoms with Crippen molar-refractivity contribution in [3.8, 4) is 0 Å². The van der Waals surface area contributed by atoms with Gasteiger partial charge in [-0.2, -0.15) is 0 Å². The van der Waals surface area contributed by atoms with Crippen LogP contribution in [0.1, 0.15) is 50.8 Å². The molecule has 3 heteroatoms. The molecule has 1 heterocycles. The van der Waals surface area contributed by atoms with Gasteiger partial charge in [0.1, 0.15) is 0 Å². The van der Waals surface area contributed by atoms with Crippen molar-refractivity contribution in [2.45, 2.75) is 45.1 Å². The Morgan fingerprint density at radius 3 is 2.74 bits per heavy atom. The van der Waals surface area contributed by atoms with E-state index >= 15 is 0 Å². The van der Waals surface area contributed by atoms with E-state index in [1.807, 2.05) is 18.2 Å². The molecule has 3 N–H and O–H groups in total. The Bertz CT molecular complexity index is 510. The topological polar surface area (TPSA) is 50.9 Å². The van der Waals surface area contributed by atoms with Crippen molar-refractivity contribution in [3.63, 3.8) is 0 Å². The van der Waals surface area contributed by atoms with Crippen LogP contribution in [0.4, 0.5) is 0 Å². The first-order chi connectivity index (χ1) is 9.35. The molecule has 3 nitrogen and oxygen atoms in total. The normalized spacial score (nSPS) is 12.7. The minimum absolute atomic E-state index is 0.154. The highest BCUT2D eigenvalue weighted by Gasteiger charge is 2.11. The zero-order chi connectivity index (χ0) is 13.5. The molecule has 1 aromatic heterocycles. The number of aromatic nitrogens is 1. The number of hydrogen-bond donors (Lipinski definition) is 2. The van der Waals surface area contributed by atoms with Crippen LogP contribution in [0.15, 0.2) is 36.4 Å². The largest absolute Gasteiger partial charge is 0.271 e. The lowest BCUT2D eigenvalue weighted by Crippen LogP contribution is -2.28. The molecule has 1 aromatic carbocycles. The highest BCUT2D eigenvalue weighted by Crippen LogP contribution is 2.20. The Morgan fingerprint density at radius 2 is 1.95 bits per heavy atom. The SMILES string of the molecule is CCCCCCC(NN)c1ccc2ccccc2n1. The van der Waals surface area contributed by atoms with E-state index in [4.69, 9.17) is 10.8 Å². The predicted molar refractivity (Wildman–Crippen MR) is 80.6 cm³/mol. The Morgan fingerprint density at radius 1 is 1.11 bits per heavy atom. The number of para-hydroxylation sites is 1. The summed E-state index contributed by atoms with van der Waals surface area (Å²) in [5.74, 6) is 5.67. The standard InChI is InChI=1S/C16H23N3/c1-2-3-4-5-10-16(19-17)15-12-11-13-8-6-7-9-14(13)18-15/h6-9,11-12,16,19H,2-5,10,17H2,1H3. The van der Waals surface area contributed by atoms with E-state index in [1.165, 1.54) is 31.1 Å². The molecule has 0 radical (unpaired) electrons. The van der Waals surface area contributed by atoms with E-state index in [9.17, 15) is 0 Å². The molecule has 0 aliphatic heterocycles. The van der Waals surface area contributed by atoms with Crippen LogP contribution in [0.2, 0.25) is 0 Å². The highest BCUT2D eigenvalue weighted by atomic mass is 15.2. The molecule has 102 valence electrons. The van der Waals surface area contributed by atoms with Gasteiger partial charge >= 0.3 is 0 Å². The lowest BCUT2D eigenvalue weighted by Gasteiger charge is -2.15. The second kappa shape index (κ2) is 7.22. The molecule has 1 unspecified atom stereocenters. The van der Waals surface area contributed by atoms with Gasteiger partial charge in [-0.1, -0.05) is 56.9 Å². The molecule has 0 bridgehead atoms. The summed E-state index contributed by atoms with van der Waals surface area (Å²) in [6.45, 7) is 2.23. The van der Waals surface area contributed by atoms with E-state index in [0.29, 0.717) is 0 Å². The molecular weight excluding hydrogens is 234 g/mol. The minimum atomic E-state index is 0.154. The summed E-state index contributed by atoms with van der Waals surface area (Å²) >= 11 is 0. The van der Waals surface area contributed by atoms with Crippen LogP contribution in [0.5, 0.6) is 0 Å². The van der Waals surface area contributed by atoms with Crippen LogP contribution in [-0.2, 0) is 0 Å². The molecule has 2 aromatic rings. The van der Waals surface area contributed by atoms with Crippen molar-refractivity contribution in [2.24, 2.45) is 5.84 Å². The summed E-state index contributed by atoms with van der Waals surface area (Å²) in [5, 5.41) is 1.17. The third-order valence-corrected chi connectivity index (χ3v) is 3.52. The van der Waals surface area contributed by atoms with Gasteiger partial charge in [0, 0.05) is 5.39 Å². The summed E-state index contributed by atoms with van der Waals surface area (Å²) in [4.78, 5) is 4.70. The maximum Gasteiger partial charge on any atom is 0.0706 e. The zero-order valence-corrected chi connectivity index (χ0v) is 11.6. The van der Waals surface area contributed by atoms with Crippen molar-refractivity contribution in [1.29, 1.82) is 0 Å². The lowest BCUT2D eigenvalue weighted by atomic mass is 10.0. The minimum Gasteiger partial charge on any atom is -0.271 e. The van der Waals surface area contributed by atoms with Crippen molar-refractivity contribution in [2.75, 3.05) is 0 Å². The molecule has 0 aliphatic rings. The van der Waals surface area contributed by atoms with Gasteiger partial charge in [0.25, 0.3) is 0 Å². The number of benzene rings is 1. The average molecular weight is 257 g/mol. The Hall–Kier alpha value is -1.45. The summed E-state index contributed by atoms with van der Waals surface area (Å²) in [5.41, 5.74) is 4.97. The second-order valence-electron chi connectivity index (χ2n) is 5.00. The fourth-order valence-corrected chi connectivity index (χ4v) is 2.37. The fraction of sp³-hybridized carbons (Fsp3) is 0.438. The molecule has 0 spiro atoms. The van der Waals surface area contributed by atoms with Crippen LogP contribution in [-0.4, -0.2) is 4.98 Å². The number of rotatable bonds is 7. The number of nitrogens with zero attached hydrogens (tertiary/aromatic N) is 1. The van der Waals surface area contributed by atoms with Gasteiger partial charge in [-0.05, 0) is 18.6 Å². The third kappa shape index (κ3) is 3.75. The van der Waals surface area contributed by atoms with Gasteiger partial charge in [0.15, 0.2) is 0 Å². The number of unbranched alkanes of at least 4 members (excludes halogenated alkanes) is 3. The highest BCUT2D eigenvalue weighted by molar-refractivity contribution is 5.78. The van der Waals surface area contributed by atoms with Crippen LogP contribution >= 0.6 is 0 Å². The average Bonchev–Trinajstić information content (AvgIpc) is 2.47. The number of pyridine rings is 1. The molecule has 0 fully saturated rings. The van der Waals surface area contributed by atoms with Gasteiger partial charge < -0.3 is 0 Å². The first-order valence-electron chi connectivity index (χ1n) is 7.17. The Balaban J connectivity index is 2.07. The fourth-order valence-electron chi connectivity index (χ4n) is 2.37. The zero-order valence-electron chi connectivity index (χ0n) is 11.6. The molecule has 0 saturated heterocycles. The van der Waals surface area contributed by atoms with Crippen molar-refractivity contribution >= 4 is 10.9 Å². The van der Waals surface area contributed by atoms with E-state index < -0.39 is 0 Å². The molecular formula is C16H23N3. The quantitative estimate of drug-likeness (QED) is 0.451. The van der Waals surface area contributed by atoms with E-state index in [1.54, 1.807) is 0 Å². The van der Waals surface area contributed by atoms with Gasteiger partial charge in [0.2, 0.25) is 0 Å². The smallest absolute Gasteiger partial charge is 0.0706 e. The van der Waals surface area contributed by atoms with Crippen LogP contribution in [0.3, 0.4) is 0 Å². The third-order valence-electron chi connectivity index (χ3n) is 3.52. The number of fused-ring (bicyclic) bond motifs is 1. The van der Waals surface area contributed by atoms with Crippen molar-refractivity contribution < 1.29 is 0 Å². The molecule has 2 rings (SSSR count). The molecule has 19 heavy (non-hydrogen) atoms. The van der Waals surface area contributed by atoms with Crippen LogP contribution in [0.25, 0.3) is 10.9 Å². The number of nitrogens with two attached hydrogens (primary N) is 1. The first kappa shape index (κ1) is 14.0. The van der Waals surface area contributed by atoms with Crippen LogP contribution in [0, 0.1) is 0 Å². The number of hydrazine groups is 1. The molecule has 0 saturated carbocycles. The Labute approximate surface area is 115 Å². The Kier molecular flexibility index (Phi) is 5.31. The van der Waals surface area contributed by atoms with Gasteiger partial charge in [-0.25, -0.2) is 0 Å². The van der Waals surface area contributed by atoms with E-state index in [2.05, 4.69) is 30.5 Å². The lowest BCUT2D eigenvalue weighted by molar-refractivity contribution is 0.474. The van der Waals surface area contributed by atoms with E-state index in [0.717, 1.165) is 17.6 Å². The molecule has 1 atom stereocenters. The van der Waals surface area contributed by atoms with Gasteiger partial charge in [0.05, 0.1) is 17.3 Å². The van der Waals surface area contributed by atoms with Crippen molar-refractivity contribution in [3.05, 3.63) is 42.1 Å². The number of nitrogens with one attached hydrogen (secondary N) is 1. The number of hydrogen-bond acceptors (Lipinski definition) is 3. The molecule has 0 amide bonds. The maximum absolute atomic E-state index is 5.67. The van der Waals surface area contributed by atoms with Crippen molar-refractivity contribution in [1.82, 2.24) is 10.4 Å². The van der Waals surface area contributed by atoms with Crippen LogP contribution < -0.4 is 11.3 Å². The van der Waals surface area contributed by atoms with Gasteiger partial charge in [-0.15, -0.1) is 0 Å². The summed E-state index contributed by atoms with van der Waals surface area (Å²) in [6, 6.07) is 12.5. The monoisotopic (exact) mass is 257 g/mol. The summed E-state index contributed by atoms with van der Waals surface area (Å²) in [6.07, 6.45) is 6.05. The van der Waals surface area contributed by atoms with E-state index in [-0.39, 0.29) is 6.04 Å². The second-order valence-corrected chi connectivity index (χ2v) is 5.00. The van der Waals surface area contributed by atoms with Gasteiger partial charge in [-0.3, -0.25) is 16.3 Å². The summed E-state index contributed by atoms with van der Waals surface area (Å²) < 4.78 is 0. The predicted octanol–water partition coefficient (Wildman–Crippen LogP) is 3.71. The molecule has 0 aliphatic carbocycles.